The maximum absolute atomic E-state index is 15.7. The zero-order chi connectivity index (χ0) is 31.3. The van der Waals surface area contributed by atoms with Crippen molar-refractivity contribution in [2.24, 2.45) is 0 Å². The number of amides is 1. The van der Waals surface area contributed by atoms with Gasteiger partial charge in [-0.2, -0.15) is 5.10 Å². The van der Waals surface area contributed by atoms with Crippen molar-refractivity contribution in [3.05, 3.63) is 103 Å². The van der Waals surface area contributed by atoms with Gasteiger partial charge in [-0.15, -0.1) is 0 Å². The average molecular weight is 622 g/mol. The van der Waals surface area contributed by atoms with Gasteiger partial charge in [-0.1, -0.05) is 48.2 Å². The van der Waals surface area contributed by atoms with Crippen LogP contribution in [0.25, 0.3) is 22.4 Å². The summed E-state index contributed by atoms with van der Waals surface area (Å²) in [6, 6.07) is 23.9. The summed E-state index contributed by atoms with van der Waals surface area (Å²) in [5.74, 6) is 0.357. The van der Waals surface area contributed by atoms with Gasteiger partial charge in [-0.3, -0.25) is 9.48 Å². The number of ether oxygens (including phenoxy) is 1. The van der Waals surface area contributed by atoms with Gasteiger partial charge in [0.25, 0.3) is 0 Å². The molecule has 0 atom stereocenters. The van der Waals surface area contributed by atoms with Crippen LogP contribution in [0.15, 0.2) is 101 Å². The Balaban J connectivity index is 1.38. The highest BCUT2D eigenvalue weighted by Gasteiger charge is 2.20. The Labute approximate surface area is 262 Å². The van der Waals surface area contributed by atoms with E-state index < -0.39 is 5.82 Å². The molecular weight excluding hydrogens is 593 g/mol. The molecule has 0 aliphatic carbocycles. The van der Waals surface area contributed by atoms with E-state index in [9.17, 15) is 9.90 Å². The molecule has 0 fully saturated rings. The molecule has 3 N–H and O–H groups in total. The lowest BCUT2D eigenvalue weighted by atomic mass is 10.1. The fourth-order valence-electron chi connectivity index (χ4n) is 4.74. The van der Waals surface area contributed by atoms with Crippen molar-refractivity contribution in [3.8, 4) is 23.0 Å². The van der Waals surface area contributed by atoms with E-state index in [2.05, 4.69) is 25.6 Å². The summed E-state index contributed by atoms with van der Waals surface area (Å²) in [7, 11) is 0. The second-order valence-corrected chi connectivity index (χ2v) is 11.0. The van der Waals surface area contributed by atoms with Crippen LogP contribution < -0.4 is 15.4 Å². The summed E-state index contributed by atoms with van der Waals surface area (Å²) in [6.07, 6.45) is 2.81. The summed E-state index contributed by atoms with van der Waals surface area (Å²) in [4.78, 5) is 26.2. The quantitative estimate of drug-likeness (QED) is 0.148. The summed E-state index contributed by atoms with van der Waals surface area (Å²) in [6.45, 7) is 3.81. The molecule has 0 aliphatic heterocycles. The van der Waals surface area contributed by atoms with Gasteiger partial charge in [0.15, 0.2) is 17.4 Å². The number of benzene rings is 3. The number of aromatic hydroxyl groups is 1. The van der Waals surface area contributed by atoms with Gasteiger partial charge in [0, 0.05) is 51.7 Å². The highest BCUT2D eigenvalue weighted by atomic mass is 32.2. The van der Waals surface area contributed by atoms with E-state index in [4.69, 9.17) is 9.84 Å². The molecule has 45 heavy (non-hydrogen) atoms. The second-order valence-electron chi connectivity index (χ2n) is 9.92. The highest BCUT2D eigenvalue weighted by molar-refractivity contribution is 7.99. The van der Waals surface area contributed by atoms with Crippen LogP contribution in [0.1, 0.15) is 19.4 Å². The predicted octanol–water partition coefficient (Wildman–Crippen LogP) is 7.03. The molecule has 0 aliphatic rings. The Morgan fingerprint density at radius 2 is 1.84 bits per heavy atom. The highest BCUT2D eigenvalue weighted by Crippen LogP contribution is 2.37. The van der Waals surface area contributed by atoms with Crippen LogP contribution in [0.5, 0.6) is 11.5 Å². The monoisotopic (exact) mass is 621 g/mol. The Kier molecular flexibility index (Phi) is 8.56. The molecule has 3 aromatic heterocycles. The average Bonchev–Trinajstić information content (AvgIpc) is 3.39. The normalized spacial score (nSPS) is 11.0. The number of halogens is 1. The van der Waals surface area contributed by atoms with Crippen LogP contribution in [0.3, 0.4) is 0 Å². The zero-order valence-electron chi connectivity index (χ0n) is 24.4. The molecule has 0 radical (unpaired) electrons. The molecule has 1 amide bonds. The third-order valence-corrected chi connectivity index (χ3v) is 7.78. The predicted molar refractivity (Wildman–Crippen MR) is 171 cm³/mol. The number of hydrogen-bond donors (Lipinski definition) is 3. The molecule has 3 aromatic carbocycles. The molecule has 0 spiro atoms. The van der Waals surface area contributed by atoms with Crippen molar-refractivity contribution in [2.45, 2.75) is 30.2 Å². The maximum Gasteiger partial charge on any atom is 0.222 e. The minimum absolute atomic E-state index is 0.137. The van der Waals surface area contributed by atoms with Gasteiger partial charge >= 0.3 is 0 Å². The third kappa shape index (κ3) is 6.70. The lowest BCUT2D eigenvalue weighted by molar-refractivity contribution is -0.114. The van der Waals surface area contributed by atoms with Crippen LogP contribution in [0.4, 0.5) is 21.7 Å². The molecule has 12 heteroatoms. The summed E-state index contributed by atoms with van der Waals surface area (Å²) >= 11 is 1.46. The van der Waals surface area contributed by atoms with Gasteiger partial charge < -0.3 is 20.5 Å². The molecule has 226 valence electrons. The number of pyridine rings is 1. The van der Waals surface area contributed by atoms with E-state index in [-0.39, 0.29) is 29.8 Å². The first kappa shape index (κ1) is 29.6. The van der Waals surface area contributed by atoms with Gasteiger partial charge in [0.05, 0.1) is 24.9 Å². The van der Waals surface area contributed by atoms with Crippen molar-refractivity contribution in [1.29, 1.82) is 0 Å². The number of fused-ring (bicyclic) bond motifs is 1. The minimum atomic E-state index is -0.399. The largest absolute Gasteiger partial charge is 0.503 e. The maximum atomic E-state index is 15.7. The van der Waals surface area contributed by atoms with Crippen LogP contribution in [-0.2, 0) is 11.3 Å². The smallest absolute Gasteiger partial charge is 0.222 e. The Bertz CT molecular complexity index is 2000. The SMILES string of the molecule is CCOc1cc(F)c(Cn2nc(-c3ncc(O)c(Nc4ccnc(NC(C)=O)c4)n3)c3ccccc32)c(Sc2ccccc2)c1. The zero-order valence-corrected chi connectivity index (χ0v) is 25.2. The number of hydrogen-bond acceptors (Lipinski definition) is 9. The molecule has 0 unspecified atom stereocenters. The lowest BCUT2D eigenvalue weighted by Gasteiger charge is -2.14. The van der Waals surface area contributed by atoms with Gasteiger partial charge in [0.1, 0.15) is 23.1 Å². The van der Waals surface area contributed by atoms with Crippen molar-refractivity contribution >= 4 is 45.9 Å². The number of nitrogens with one attached hydrogen (secondary N) is 2. The van der Waals surface area contributed by atoms with Crippen molar-refractivity contribution in [3.63, 3.8) is 0 Å². The number of anilines is 3. The fraction of sp³-hybridized carbons (Fsp3) is 0.121. The number of carbonyl (C=O) groups excluding carboxylic acids is 1. The Hall–Kier alpha value is -5.49. The summed E-state index contributed by atoms with van der Waals surface area (Å²) in [5, 5.41) is 21.8. The minimum Gasteiger partial charge on any atom is -0.503 e. The van der Waals surface area contributed by atoms with E-state index in [0.29, 0.717) is 40.0 Å². The molecular formula is C33H28FN7O3S. The molecule has 3 heterocycles. The standard InChI is InChI=1S/C33H28FN7O3S/c1-3-44-22-16-26(34)25(29(17-22)45-23-9-5-4-6-10-23)19-41-27-12-8-7-11-24(27)31(40-41)33-36-18-28(43)32(39-33)38-21-13-14-35-30(15-21)37-20(2)42/h4-18,43H,3,19H2,1-2H3,(H2,35,36,37,38,39,42). The number of carbonyl (C=O) groups is 1. The fourth-order valence-corrected chi connectivity index (χ4v) is 5.74. The molecule has 6 aromatic rings. The second kappa shape index (κ2) is 13.0. The number of nitrogens with zero attached hydrogens (tertiary/aromatic N) is 5. The third-order valence-electron chi connectivity index (χ3n) is 6.68. The molecule has 6 rings (SSSR count). The van der Waals surface area contributed by atoms with E-state index in [0.717, 1.165) is 15.8 Å². The van der Waals surface area contributed by atoms with E-state index in [1.54, 1.807) is 16.8 Å². The van der Waals surface area contributed by atoms with Gasteiger partial charge in [-0.05, 0) is 37.3 Å². The van der Waals surface area contributed by atoms with Crippen molar-refractivity contribution in [1.82, 2.24) is 24.7 Å². The Morgan fingerprint density at radius 3 is 2.64 bits per heavy atom. The molecule has 0 saturated heterocycles. The first-order valence-electron chi connectivity index (χ1n) is 14.1. The van der Waals surface area contributed by atoms with Crippen LogP contribution >= 0.6 is 11.8 Å². The van der Waals surface area contributed by atoms with E-state index in [1.165, 1.54) is 37.1 Å². The van der Waals surface area contributed by atoms with Gasteiger partial charge in [0.2, 0.25) is 5.91 Å². The summed E-state index contributed by atoms with van der Waals surface area (Å²) < 4.78 is 23.1. The number of para-hydroxylation sites is 1. The van der Waals surface area contributed by atoms with E-state index in [1.807, 2.05) is 67.6 Å². The number of aromatic nitrogens is 5. The molecule has 0 saturated carbocycles. The molecule has 0 bridgehead atoms. The van der Waals surface area contributed by atoms with Crippen LogP contribution in [-0.4, -0.2) is 42.4 Å². The van der Waals surface area contributed by atoms with Crippen molar-refractivity contribution in [2.75, 3.05) is 17.2 Å². The van der Waals surface area contributed by atoms with Crippen LogP contribution in [0.2, 0.25) is 0 Å². The number of rotatable bonds is 10. The summed E-state index contributed by atoms with van der Waals surface area (Å²) in [5.41, 5.74) is 2.23. The first-order valence-corrected chi connectivity index (χ1v) is 14.9. The molecule has 10 nitrogen and oxygen atoms in total. The Morgan fingerprint density at radius 1 is 1.04 bits per heavy atom. The van der Waals surface area contributed by atoms with Crippen molar-refractivity contribution < 1.29 is 19.0 Å². The lowest BCUT2D eigenvalue weighted by Crippen LogP contribution is -2.07. The first-order chi connectivity index (χ1) is 21.9. The topological polar surface area (TPSA) is 127 Å². The van der Waals surface area contributed by atoms with Gasteiger partial charge in [-0.25, -0.2) is 19.3 Å². The van der Waals surface area contributed by atoms with Crippen LogP contribution in [0, 0.1) is 5.82 Å². The van der Waals surface area contributed by atoms with E-state index >= 15 is 4.39 Å².